The van der Waals surface area contributed by atoms with Crippen molar-refractivity contribution in [2.24, 2.45) is 0 Å². The average Bonchev–Trinajstić information content (AvgIpc) is 2.70. The van der Waals surface area contributed by atoms with Crippen LogP contribution in [0.15, 0.2) is 16.7 Å². The molecule has 0 atom stereocenters. The summed E-state index contributed by atoms with van der Waals surface area (Å²) in [6.07, 6.45) is 2.96. The second kappa shape index (κ2) is 7.59. The molecule has 0 unspecified atom stereocenters. The standard InChI is InChI=1S/C13H21BrN2O2/c1-4-6-16-10-11(14)9-12(16)13(17)15(3)7-8-18-5-2/h9-10H,4-8H2,1-3H3. The molecular formula is C13H21BrN2O2. The maximum absolute atomic E-state index is 12.3. The average molecular weight is 317 g/mol. The van der Waals surface area contributed by atoms with E-state index in [2.05, 4.69) is 22.9 Å². The van der Waals surface area contributed by atoms with Gasteiger partial charge in [-0.2, -0.15) is 0 Å². The summed E-state index contributed by atoms with van der Waals surface area (Å²) >= 11 is 3.42. The van der Waals surface area contributed by atoms with Crippen molar-refractivity contribution in [3.63, 3.8) is 0 Å². The Morgan fingerprint density at radius 1 is 1.50 bits per heavy atom. The van der Waals surface area contributed by atoms with Crippen molar-refractivity contribution >= 4 is 21.8 Å². The van der Waals surface area contributed by atoms with Crippen molar-refractivity contribution in [1.82, 2.24) is 9.47 Å². The van der Waals surface area contributed by atoms with E-state index in [4.69, 9.17) is 4.74 Å². The highest BCUT2D eigenvalue weighted by atomic mass is 79.9. The van der Waals surface area contributed by atoms with Gasteiger partial charge in [0, 0.05) is 37.4 Å². The number of aromatic nitrogens is 1. The first kappa shape index (κ1) is 15.2. The number of amides is 1. The summed E-state index contributed by atoms with van der Waals surface area (Å²) in [5.41, 5.74) is 0.725. The first-order valence-electron chi connectivity index (χ1n) is 6.29. The van der Waals surface area contributed by atoms with Gasteiger partial charge in [-0.05, 0) is 35.3 Å². The van der Waals surface area contributed by atoms with Gasteiger partial charge in [0.1, 0.15) is 5.69 Å². The van der Waals surface area contributed by atoms with Crippen LogP contribution in [0.4, 0.5) is 0 Å². The smallest absolute Gasteiger partial charge is 0.270 e. The third kappa shape index (κ3) is 4.14. The Morgan fingerprint density at radius 2 is 2.22 bits per heavy atom. The molecule has 0 saturated heterocycles. The van der Waals surface area contributed by atoms with Crippen molar-refractivity contribution in [2.75, 3.05) is 26.8 Å². The molecule has 0 radical (unpaired) electrons. The van der Waals surface area contributed by atoms with Crippen LogP contribution in [0.5, 0.6) is 0 Å². The Labute approximate surface area is 117 Å². The fourth-order valence-corrected chi connectivity index (χ4v) is 2.19. The van der Waals surface area contributed by atoms with Crippen LogP contribution in [0.25, 0.3) is 0 Å². The molecule has 1 aromatic heterocycles. The Morgan fingerprint density at radius 3 is 2.83 bits per heavy atom. The van der Waals surface area contributed by atoms with Crippen LogP contribution in [0.1, 0.15) is 30.8 Å². The number of carbonyl (C=O) groups is 1. The third-order valence-corrected chi connectivity index (χ3v) is 3.10. The lowest BCUT2D eigenvalue weighted by atomic mass is 10.3. The van der Waals surface area contributed by atoms with Crippen LogP contribution in [-0.2, 0) is 11.3 Å². The Kier molecular flexibility index (Phi) is 6.43. The molecule has 18 heavy (non-hydrogen) atoms. The van der Waals surface area contributed by atoms with Crippen molar-refractivity contribution in [2.45, 2.75) is 26.8 Å². The number of ether oxygens (including phenoxy) is 1. The van der Waals surface area contributed by atoms with E-state index in [-0.39, 0.29) is 5.91 Å². The molecule has 1 amide bonds. The molecule has 0 aliphatic carbocycles. The van der Waals surface area contributed by atoms with Crippen molar-refractivity contribution in [3.05, 3.63) is 22.4 Å². The monoisotopic (exact) mass is 316 g/mol. The minimum Gasteiger partial charge on any atom is -0.380 e. The van der Waals surface area contributed by atoms with Crippen LogP contribution >= 0.6 is 15.9 Å². The Bertz CT molecular complexity index is 390. The van der Waals surface area contributed by atoms with Gasteiger partial charge in [0.2, 0.25) is 0 Å². The lowest BCUT2D eigenvalue weighted by Gasteiger charge is -2.18. The van der Waals surface area contributed by atoms with E-state index in [0.29, 0.717) is 19.8 Å². The molecule has 0 spiro atoms. The summed E-state index contributed by atoms with van der Waals surface area (Å²) in [4.78, 5) is 14.0. The predicted molar refractivity (Wildman–Crippen MR) is 75.9 cm³/mol. The van der Waals surface area contributed by atoms with E-state index >= 15 is 0 Å². The van der Waals surface area contributed by atoms with Gasteiger partial charge in [-0.3, -0.25) is 4.79 Å². The highest BCUT2D eigenvalue weighted by molar-refractivity contribution is 9.10. The molecule has 102 valence electrons. The predicted octanol–water partition coefficient (Wildman–Crippen LogP) is 2.77. The first-order valence-corrected chi connectivity index (χ1v) is 7.08. The fraction of sp³-hybridized carbons (Fsp3) is 0.615. The zero-order valence-electron chi connectivity index (χ0n) is 11.3. The van der Waals surface area contributed by atoms with Gasteiger partial charge in [-0.1, -0.05) is 6.92 Å². The van der Waals surface area contributed by atoms with Crippen molar-refractivity contribution < 1.29 is 9.53 Å². The number of rotatable bonds is 7. The number of hydrogen-bond acceptors (Lipinski definition) is 2. The molecule has 1 aromatic rings. The normalized spacial score (nSPS) is 10.7. The second-order valence-electron chi connectivity index (χ2n) is 4.16. The lowest BCUT2D eigenvalue weighted by molar-refractivity contribution is 0.0700. The number of nitrogens with zero attached hydrogens (tertiary/aromatic N) is 2. The first-order chi connectivity index (χ1) is 8.60. The molecule has 0 fully saturated rings. The summed E-state index contributed by atoms with van der Waals surface area (Å²) in [6, 6.07) is 1.87. The Balaban J connectivity index is 2.70. The molecule has 4 nitrogen and oxygen atoms in total. The fourth-order valence-electron chi connectivity index (χ4n) is 1.72. The molecule has 5 heteroatoms. The second-order valence-corrected chi connectivity index (χ2v) is 5.08. The molecule has 0 aliphatic heterocycles. The Hall–Kier alpha value is -0.810. The summed E-state index contributed by atoms with van der Waals surface area (Å²) in [6.45, 7) is 6.77. The van der Waals surface area contributed by atoms with Crippen LogP contribution in [0.2, 0.25) is 0 Å². The van der Waals surface area contributed by atoms with E-state index in [1.807, 2.05) is 23.8 Å². The van der Waals surface area contributed by atoms with Crippen LogP contribution < -0.4 is 0 Å². The van der Waals surface area contributed by atoms with E-state index in [1.165, 1.54) is 0 Å². The molecule has 1 heterocycles. The third-order valence-electron chi connectivity index (χ3n) is 2.67. The maximum Gasteiger partial charge on any atom is 0.270 e. The van der Waals surface area contributed by atoms with Gasteiger partial charge < -0.3 is 14.2 Å². The number of carbonyl (C=O) groups excluding carboxylic acids is 1. The minimum absolute atomic E-state index is 0.0360. The lowest BCUT2D eigenvalue weighted by Crippen LogP contribution is -2.31. The summed E-state index contributed by atoms with van der Waals surface area (Å²) in [5, 5.41) is 0. The minimum atomic E-state index is 0.0360. The van der Waals surface area contributed by atoms with Crippen LogP contribution in [0, 0.1) is 0 Å². The van der Waals surface area contributed by atoms with Gasteiger partial charge in [-0.25, -0.2) is 0 Å². The number of hydrogen-bond donors (Lipinski definition) is 0. The van der Waals surface area contributed by atoms with E-state index in [9.17, 15) is 4.79 Å². The van der Waals surface area contributed by atoms with Gasteiger partial charge in [0.25, 0.3) is 5.91 Å². The molecule has 1 rings (SSSR count). The summed E-state index contributed by atoms with van der Waals surface area (Å²) in [7, 11) is 1.80. The van der Waals surface area contributed by atoms with Crippen molar-refractivity contribution in [1.29, 1.82) is 0 Å². The topological polar surface area (TPSA) is 34.5 Å². The molecule has 0 bridgehead atoms. The van der Waals surface area contributed by atoms with Crippen LogP contribution in [-0.4, -0.2) is 42.2 Å². The van der Waals surface area contributed by atoms with Crippen molar-refractivity contribution in [3.8, 4) is 0 Å². The van der Waals surface area contributed by atoms with Crippen LogP contribution in [0.3, 0.4) is 0 Å². The summed E-state index contributed by atoms with van der Waals surface area (Å²) in [5.74, 6) is 0.0360. The SMILES string of the molecule is CCCn1cc(Br)cc1C(=O)N(C)CCOCC. The molecular weight excluding hydrogens is 296 g/mol. The molecule has 0 aliphatic rings. The zero-order valence-corrected chi connectivity index (χ0v) is 12.9. The van der Waals surface area contributed by atoms with Gasteiger partial charge in [-0.15, -0.1) is 0 Å². The van der Waals surface area contributed by atoms with Gasteiger partial charge >= 0.3 is 0 Å². The molecule has 0 saturated carbocycles. The zero-order chi connectivity index (χ0) is 13.5. The largest absolute Gasteiger partial charge is 0.380 e. The number of halogens is 1. The van der Waals surface area contributed by atoms with Gasteiger partial charge in [0.05, 0.1) is 6.61 Å². The quantitative estimate of drug-likeness (QED) is 0.725. The summed E-state index contributed by atoms with van der Waals surface area (Å²) < 4.78 is 8.19. The maximum atomic E-state index is 12.3. The van der Waals surface area contributed by atoms with Gasteiger partial charge in [0.15, 0.2) is 0 Å². The van der Waals surface area contributed by atoms with E-state index in [1.54, 1.807) is 11.9 Å². The van der Waals surface area contributed by atoms with E-state index < -0.39 is 0 Å². The van der Waals surface area contributed by atoms with E-state index in [0.717, 1.165) is 23.1 Å². The number of aryl methyl sites for hydroxylation is 1. The molecule has 0 aromatic carbocycles. The highest BCUT2D eigenvalue weighted by Gasteiger charge is 2.16. The molecule has 0 N–H and O–H groups in total. The number of likely N-dealkylation sites (N-methyl/N-ethyl adjacent to an activating group) is 1. The highest BCUT2D eigenvalue weighted by Crippen LogP contribution is 2.16.